The number of carbonyl (C=O) groups excluding carboxylic acids is 1. The first-order chi connectivity index (χ1) is 8.21. The SMILES string of the molecule is CCOC(=O)/C=C/Cn1nc(CC)cc1CC. The van der Waals surface area contributed by atoms with Gasteiger partial charge in [0, 0.05) is 11.8 Å². The van der Waals surface area contributed by atoms with Gasteiger partial charge in [0.1, 0.15) is 0 Å². The van der Waals surface area contributed by atoms with E-state index >= 15 is 0 Å². The average Bonchev–Trinajstić information content (AvgIpc) is 2.72. The number of hydrogen-bond donors (Lipinski definition) is 0. The van der Waals surface area contributed by atoms with Crippen molar-refractivity contribution in [2.24, 2.45) is 0 Å². The van der Waals surface area contributed by atoms with Crippen molar-refractivity contribution < 1.29 is 9.53 Å². The van der Waals surface area contributed by atoms with Crippen LogP contribution in [0.5, 0.6) is 0 Å². The Labute approximate surface area is 102 Å². The number of aryl methyl sites for hydroxylation is 2. The fraction of sp³-hybridized carbons (Fsp3) is 0.538. The lowest BCUT2D eigenvalue weighted by Crippen LogP contribution is -2.04. The van der Waals surface area contributed by atoms with Crippen LogP contribution in [0.25, 0.3) is 0 Å². The number of ether oxygens (including phenoxy) is 1. The number of nitrogens with zero attached hydrogens (tertiary/aromatic N) is 2. The molecule has 4 nitrogen and oxygen atoms in total. The van der Waals surface area contributed by atoms with Gasteiger partial charge in [-0.2, -0.15) is 5.10 Å². The average molecular weight is 236 g/mol. The summed E-state index contributed by atoms with van der Waals surface area (Å²) in [5, 5.41) is 4.46. The molecule has 0 aliphatic rings. The molecule has 0 bridgehead atoms. The molecule has 0 aromatic carbocycles. The van der Waals surface area contributed by atoms with Crippen molar-refractivity contribution in [3.63, 3.8) is 0 Å². The van der Waals surface area contributed by atoms with Crippen LogP contribution in [0.4, 0.5) is 0 Å². The van der Waals surface area contributed by atoms with Crippen LogP contribution < -0.4 is 0 Å². The number of hydrogen-bond acceptors (Lipinski definition) is 3. The number of carbonyl (C=O) groups is 1. The van der Waals surface area contributed by atoms with Crippen molar-refractivity contribution in [1.29, 1.82) is 0 Å². The Bertz CT molecular complexity index is 394. The van der Waals surface area contributed by atoms with Crippen molar-refractivity contribution in [3.05, 3.63) is 29.6 Å². The molecule has 0 saturated carbocycles. The van der Waals surface area contributed by atoms with Crippen LogP contribution in [0.1, 0.15) is 32.2 Å². The molecule has 17 heavy (non-hydrogen) atoms. The summed E-state index contributed by atoms with van der Waals surface area (Å²) >= 11 is 0. The lowest BCUT2D eigenvalue weighted by atomic mass is 10.2. The summed E-state index contributed by atoms with van der Waals surface area (Å²) in [6.07, 6.45) is 5.11. The van der Waals surface area contributed by atoms with Gasteiger partial charge in [-0.1, -0.05) is 19.9 Å². The highest BCUT2D eigenvalue weighted by Crippen LogP contribution is 2.06. The molecular weight excluding hydrogens is 216 g/mol. The zero-order valence-corrected chi connectivity index (χ0v) is 10.8. The van der Waals surface area contributed by atoms with Gasteiger partial charge in [-0.3, -0.25) is 4.68 Å². The summed E-state index contributed by atoms with van der Waals surface area (Å²) in [5.74, 6) is -0.298. The lowest BCUT2D eigenvalue weighted by Gasteiger charge is -2.01. The maximum atomic E-state index is 11.1. The highest BCUT2D eigenvalue weighted by molar-refractivity contribution is 5.81. The number of rotatable bonds is 6. The van der Waals surface area contributed by atoms with Gasteiger partial charge in [0.15, 0.2) is 0 Å². The maximum absolute atomic E-state index is 11.1. The Morgan fingerprint density at radius 3 is 2.76 bits per heavy atom. The molecule has 0 spiro atoms. The fourth-order valence-corrected chi connectivity index (χ4v) is 1.57. The fourth-order valence-electron chi connectivity index (χ4n) is 1.57. The summed E-state index contributed by atoms with van der Waals surface area (Å²) in [5.41, 5.74) is 2.28. The second-order valence-electron chi connectivity index (χ2n) is 3.67. The molecule has 0 aliphatic heterocycles. The maximum Gasteiger partial charge on any atom is 0.330 e. The van der Waals surface area contributed by atoms with E-state index < -0.39 is 0 Å². The summed E-state index contributed by atoms with van der Waals surface area (Å²) in [6.45, 7) is 7.00. The second-order valence-corrected chi connectivity index (χ2v) is 3.67. The number of esters is 1. The predicted octanol–water partition coefficient (Wildman–Crippen LogP) is 2.13. The minimum atomic E-state index is -0.298. The van der Waals surface area contributed by atoms with Crippen molar-refractivity contribution in [3.8, 4) is 0 Å². The van der Waals surface area contributed by atoms with Crippen LogP contribution in [0.2, 0.25) is 0 Å². The third kappa shape index (κ3) is 4.06. The zero-order chi connectivity index (χ0) is 12.7. The Hall–Kier alpha value is -1.58. The third-order valence-corrected chi connectivity index (χ3v) is 2.46. The van der Waals surface area contributed by atoms with Crippen molar-refractivity contribution in [2.75, 3.05) is 6.61 Å². The van der Waals surface area contributed by atoms with Crippen LogP contribution in [0.15, 0.2) is 18.2 Å². The molecule has 0 aliphatic carbocycles. The molecule has 4 heteroatoms. The van der Waals surface area contributed by atoms with Gasteiger partial charge in [-0.15, -0.1) is 0 Å². The monoisotopic (exact) mass is 236 g/mol. The van der Waals surface area contributed by atoms with Gasteiger partial charge in [0.05, 0.1) is 18.8 Å². The van der Waals surface area contributed by atoms with Gasteiger partial charge in [0.25, 0.3) is 0 Å². The molecule has 0 saturated heterocycles. The molecule has 1 heterocycles. The van der Waals surface area contributed by atoms with Crippen LogP contribution in [-0.4, -0.2) is 22.4 Å². The topological polar surface area (TPSA) is 44.1 Å². The molecule has 0 fully saturated rings. The van der Waals surface area contributed by atoms with E-state index in [2.05, 4.69) is 25.0 Å². The Morgan fingerprint density at radius 2 is 2.18 bits per heavy atom. The summed E-state index contributed by atoms with van der Waals surface area (Å²) in [4.78, 5) is 11.1. The largest absolute Gasteiger partial charge is 0.463 e. The van der Waals surface area contributed by atoms with E-state index in [-0.39, 0.29) is 5.97 Å². The molecule has 0 unspecified atom stereocenters. The van der Waals surface area contributed by atoms with Crippen molar-refractivity contribution in [1.82, 2.24) is 9.78 Å². The number of allylic oxidation sites excluding steroid dienone is 1. The molecule has 94 valence electrons. The van der Waals surface area contributed by atoms with E-state index in [1.807, 2.05) is 4.68 Å². The first-order valence-electron chi connectivity index (χ1n) is 6.10. The predicted molar refractivity (Wildman–Crippen MR) is 66.8 cm³/mol. The molecular formula is C13H20N2O2. The molecule has 1 aromatic heterocycles. The number of aromatic nitrogens is 2. The van der Waals surface area contributed by atoms with Crippen LogP contribution in [0, 0.1) is 0 Å². The van der Waals surface area contributed by atoms with E-state index in [4.69, 9.17) is 4.74 Å². The zero-order valence-electron chi connectivity index (χ0n) is 10.8. The van der Waals surface area contributed by atoms with E-state index in [1.165, 1.54) is 11.8 Å². The standard InChI is InChI=1S/C13H20N2O2/c1-4-11-10-12(5-2)15(14-11)9-7-8-13(16)17-6-3/h7-8,10H,4-6,9H2,1-3H3/b8-7+. The normalized spacial score (nSPS) is 11.0. The van der Waals surface area contributed by atoms with Gasteiger partial charge in [-0.25, -0.2) is 4.79 Å². The van der Waals surface area contributed by atoms with Crippen LogP contribution >= 0.6 is 0 Å². The van der Waals surface area contributed by atoms with Gasteiger partial charge in [0.2, 0.25) is 0 Å². The second kappa shape index (κ2) is 6.89. The van der Waals surface area contributed by atoms with E-state index in [1.54, 1.807) is 13.0 Å². The molecule has 1 rings (SSSR count). The van der Waals surface area contributed by atoms with Crippen molar-refractivity contribution in [2.45, 2.75) is 40.2 Å². The summed E-state index contributed by atoms with van der Waals surface area (Å²) < 4.78 is 6.73. The molecule has 0 atom stereocenters. The lowest BCUT2D eigenvalue weighted by molar-refractivity contribution is -0.137. The van der Waals surface area contributed by atoms with Gasteiger partial charge < -0.3 is 4.74 Å². The first-order valence-corrected chi connectivity index (χ1v) is 6.10. The Morgan fingerprint density at radius 1 is 1.41 bits per heavy atom. The van der Waals surface area contributed by atoms with E-state index in [0.29, 0.717) is 13.2 Å². The van der Waals surface area contributed by atoms with Gasteiger partial charge in [-0.05, 0) is 25.8 Å². The molecule has 0 radical (unpaired) electrons. The summed E-state index contributed by atoms with van der Waals surface area (Å²) in [7, 11) is 0. The van der Waals surface area contributed by atoms with Crippen molar-refractivity contribution >= 4 is 5.97 Å². The Kier molecular flexibility index (Phi) is 5.46. The minimum absolute atomic E-state index is 0.298. The molecule has 1 aromatic rings. The highest BCUT2D eigenvalue weighted by Gasteiger charge is 2.03. The van der Waals surface area contributed by atoms with Crippen LogP contribution in [0.3, 0.4) is 0 Å². The van der Waals surface area contributed by atoms with E-state index in [9.17, 15) is 4.79 Å². The van der Waals surface area contributed by atoms with E-state index in [0.717, 1.165) is 18.5 Å². The quantitative estimate of drug-likeness (QED) is 0.561. The molecule has 0 N–H and O–H groups in total. The van der Waals surface area contributed by atoms with Crippen LogP contribution in [-0.2, 0) is 28.9 Å². The molecule has 0 amide bonds. The van der Waals surface area contributed by atoms with Gasteiger partial charge >= 0.3 is 5.97 Å². The Balaban J connectivity index is 2.61. The first kappa shape index (κ1) is 13.5. The highest BCUT2D eigenvalue weighted by atomic mass is 16.5. The summed E-state index contributed by atoms with van der Waals surface area (Å²) in [6, 6.07) is 2.11. The minimum Gasteiger partial charge on any atom is -0.463 e. The third-order valence-electron chi connectivity index (χ3n) is 2.46. The smallest absolute Gasteiger partial charge is 0.330 e.